The van der Waals surface area contributed by atoms with Crippen LogP contribution >= 0.6 is 0 Å². The van der Waals surface area contributed by atoms with Gasteiger partial charge in [-0.3, -0.25) is 0 Å². The molecule has 42 heavy (non-hydrogen) atoms. The summed E-state index contributed by atoms with van der Waals surface area (Å²) in [6.45, 7) is 0. The Morgan fingerprint density at radius 2 is 1.57 bits per heavy atom. The van der Waals surface area contributed by atoms with E-state index in [1.54, 1.807) is 55.7 Å². The van der Waals surface area contributed by atoms with Gasteiger partial charge in [-0.15, -0.1) is 18.3 Å². The Morgan fingerprint density at radius 3 is 2.19 bits per heavy atom. The summed E-state index contributed by atoms with van der Waals surface area (Å²) in [4.78, 5) is 23.0. The zero-order valence-corrected chi connectivity index (χ0v) is 22.4. The molecule has 0 unspecified atom stereocenters. The molecular formula is C27H27F3N10O2. The van der Waals surface area contributed by atoms with Crippen molar-refractivity contribution in [1.82, 2.24) is 15.1 Å². The third-order valence-corrected chi connectivity index (χ3v) is 5.52. The number of aromatic nitrogens is 2. The summed E-state index contributed by atoms with van der Waals surface area (Å²) in [7, 11) is 3.40. The highest BCUT2D eigenvalue weighted by Gasteiger charge is 2.31. The van der Waals surface area contributed by atoms with Crippen molar-refractivity contribution in [2.45, 2.75) is 6.36 Å². The molecule has 2 amide bonds. The highest BCUT2D eigenvalue weighted by Crippen LogP contribution is 2.26. The molecule has 0 aliphatic rings. The maximum atomic E-state index is 12.3. The van der Waals surface area contributed by atoms with E-state index in [-0.39, 0.29) is 17.3 Å². The van der Waals surface area contributed by atoms with Crippen LogP contribution in [-0.4, -0.2) is 47.4 Å². The van der Waals surface area contributed by atoms with Gasteiger partial charge >= 0.3 is 12.4 Å². The van der Waals surface area contributed by atoms with Crippen LogP contribution in [0, 0.1) is 0 Å². The molecule has 0 spiro atoms. The lowest BCUT2D eigenvalue weighted by atomic mass is 10.2. The van der Waals surface area contributed by atoms with Gasteiger partial charge in [0.2, 0.25) is 5.95 Å². The Labute approximate surface area is 238 Å². The number of halogens is 3. The standard InChI is InChI=1S/C27H27F3N10O2/c1-39(23-14-15-33-25(37-23)34-20-5-3-4-17(16-20)24(31)38-40(2)32)21-10-6-18(7-11-21)35-26(41)36-19-8-12-22(13-9-19)42-27(28,29)30/h3-16H,32H2,1-2H3,(H2,31,38)(H,33,34,37)(H2,35,36,41). The summed E-state index contributed by atoms with van der Waals surface area (Å²) in [6.07, 6.45) is -3.17. The van der Waals surface area contributed by atoms with Crippen molar-refractivity contribution in [1.29, 1.82) is 0 Å². The molecule has 0 aliphatic carbocycles. The SMILES string of the molecule is CN(N)/N=C(\N)c1cccc(Nc2nccc(N(C)c3ccc(NC(=O)Nc4ccc(OC(F)(F)F)cc4)cc3)n2)c1. The molecule has 12 nitrogen and oxygen atoms in total. The lowest BCUT2D eigenvalue weighted by Crippen LogP contribution is -2.25. The summed E-state index contributed by atoms with van der Waals surface area (Å²) in [5.41, 5.74) is 8.91. The van der Waals surface area contributed by atoms with Crippen molar-refractivity contribution >= 4 is 46.4 Å². The van der Waals surface area contributed by atoms with Crippen LogP contribution in [0.25, 0.3) is 0 Å². The number of urea groups is 1. The smallest absolute Gasteiger partial charge is 0.406 e. The molecular weight excluding hydrogens is 553 g/mol. The van der Waals surface area contributed by atoms with Crippen LogP contribution in [0.2, 0.25) is 0 Å². The molecule has 0 radical (unpaired) electrons. The first-order valence-electron chi connectivity index (χ1n) is 12.3. The number of anilines is 6. The minimum atomic E-state index is -4.79. The van der Waals surface area contributed by atoms with E-state index in [0.29, 0.717) is 28.7 Å². The fourth-order valence-electron chi connectivity index (χ4n) is 3.64. The molecule has 3 aromatic carbocycles. The van der Waals surface area contributed by atoms with E-state index in [9.17, 15) is 18.0 Å². The summed E-state index contributed by atoms with van der Waals surface area (Å²) in [5.74, 6) is 6.36. The van der Waals surface area contributed by atoms with Gasteiger partial charge in [0.15, 0.2) is 5.84 Å². The van der Waals surface area contributed by atoms with Crippen LogP contribution in [-0.2, 0) is 0 Å². The molecule has 0 bridgehead atoms. The molecule has 4 rings (SSSR count). The number of amides is 2. The second-order valence-electron chi connectivity index (χ2n) is 8.76. The molecule has 0 saturated heterocycles. The number of nitrogens with zero attached hydrogens (tertiary/aromatic N) is 5. The summed E-state index contributed by atoms with van der Waals surface area (Å²) in [6, 6.07) is 20.2. The minimum Gasteiger partial charge on any atom is -0.406 e. The third kappa shape index (κ3) is 8.46. The van der Waals surface area contributed by atoms with Crippen LogP contribution < -0.4 is 37.2 Å². The summed E-state index contributed by atoms with van der Waals surface area (Å²) < 4.78 is 40.7. The van der Waals surface area contributed by atoms with Gasteiger partial charge in [-0.1, -0.05) is 12.1 Å². The first kappa shape index (κ1) is 29.4. The van der Waals surface area contributed by atoms with E-state index < -0.39 is 12.4 Å². The number of alkyl halides is 3. The number of benzene rings is 3. The van der Waals surface area contributed by atoms with Gasteiger partial charge in [0, 0.05) is 48.6 Å². The predicted molar refractivity (Wildman–Crippen MR) is 155 cm³/mol. The second kappa shape index (κ2) is 12.7. The van der Waals surface area contributed by atoms with E-state index in [4.69, 9.17) is 11.6 Å². The Kier molecular flexibility index (Phi) is 8.92. The molecule has 1 aromatic heterocycles. The van der Waals surface area contributed by atoms with Gasteiger partial charge in [-0.2, -0.15) is 4.98 Å². The number of rotatable bonds is 9. The number of hydrazine groups is 1. The Hall–Kier alpha value is -5.57. The maximum absolute atomic E-state index is 12.3. The first-order valence-corrected chi connectivity index (χ1v) is 12.3. The van der Waals surface area contributed by atoms with Crippen molar-refractivity contribution < 1.29 is 22.7 Å². The van der Waals surface area contributed by atoms with Crippen molar-refractivity contribution in [2.75, 3.05) is 34.9 Å². The molecule has 15 heteroatoms. The van der Waals surface area contributed by atoms with E-state index in [1.807, 2.05) is 24.1 Å². The molecule has 0 aliphatic heterocycles. The molecule has 0 fully saturated rings. The second-order valence-corrected chi connectivity index (χ2v) is 8.76. The van der Waals surface area contributed by atoms with Crippen LogP contribution in [0.4, 0.5) is 52.5 Å². The molecule has 0 atom stereocenters. The number of nitrogens with two attached hydrogens (primary N) is 2. The molecule has 1 heterocycles. The fourth-order valence-corrected chi connectivity index (χ4v) is 3.64. The van der Waals surface area contributed by atoms with Crippen LogP contribution in [0.1, 0.15) is 5.56 Å². The van der Waals surface area contributed by atoms with Gasteiger partial charge < -0.3 is 31.3 Å². The quantitative estimate of drug-likeness (QED) is 0.0798. The normalized spacial score (nSPS) is 11.4. The number of nitrogens with one attached hydrogen (secondary N) is 3. The third-order valence-electron chi connectivity index (χ3n) is 5.52. The van der Waals surface area contributed by atoms with Crippen molar-refractivity contribution in [3.8, 4) is 5.75 Å². The Morgan fingerprint density at radius 1 is 0.929 bits per heavy atom. The number of ether oxygens (including phenoxy) is 1. The number of hydrazone groups is 1. The number of carbonyl (C=O) groups excluding carboxylic acids is 1. The number of hydrogen-bond donors (Lipinski definition) is 5. The lowest BCUT2D eigenvalue weighted by Gasteiger charge is -2.19. The Balaban J connectivity index is 1.36. The molecule has 7 N–H and O–H groups in total. The summed E-state index contributed by atoms with van der Waals surface area (Å²) in [5, 5.41) is 13.5. The van der Waals surface area contributed by atoms with Crippen LogP contribution in [0.3, 0.4) is 0 Å². The van der Waals surface area contributed by atoms with E-state index in [2.05, 4.69) is 35.8 Å². The lowest BCUT2D eigenvalue weighted by molar-refractivity contribution is -0.274. The highest BCUT2D eigenvalue weighted by atomic mass is 19.4. The fraction of sp³-hybridized carbons (Fsp3) is 0.111. The minimum absolute atomic E-state index is 0.252. The molecule has 4 aromatic rings. The van der Waals surface area contributed by atoms with Gasteiger partial charge in [0.05, 0.1) is 0 Å². The van der Waals surface area contributed by atoms with Crippen molar-refractivity contribution in [3.63, 3.8) is 0 Å². The average molecular weight is 581 g/mol. The largest absolute Gasteiger partial charge is 0.573 e. The van der Waals surface area contributed by atoms with E-state index >= 15 is 0 Å². The van der Waals surface area contributed by atoms with Crippen LogP contribution in [0.5, 0.6) is 5.75 Å². The Bertz CT molecular complexity index is 1550. The van der Waals surface area contributed by atoms with Gasteiger partial charge in [0.1, 0.15) is 11.6 Å². The van der Waals surface area contributed by atoms with E-state index in [1.165, 1.54) is 12.1 Å². The number of hydrogen-bond acceptors (Lipinski definition) is 9. The predicted octanol–water partition coefficient (Wildman–Crippen LogP) is 4.96. The average Bonchev–Trinajstić information content (AvgIpc) is 2.93. The van der Waals surface area contributed by atoms with Gasteiger partial charge in [0.25, 0.3) is 0 Å². The van der Waals surface area contributed by atoms with Crippen molar-refractivity contribution in [2.24, 2.45) is 16.7 Å². The molecule has 0 saturated carbocycles. The number of amidine groups is 1. The number of carbonyl (C=O) groups is 1. The van der Waals surface area contributed by atoms with Crippen LogP contribution in [0.15, 0.2) is 90.2 Å². The highest BCUT2D eigenvalue weighted by molar-refractivity contribution is 6.00. The zero-order chi connectivity index (χ0) is 30.3. The van der Waals surface area contributed by atoms with E-state index in [0.717, 1.165) is 22.9 Å². The van der Waals surface area contributed by atoms with Crippen molar-refractivity contribution in [3.05, 3.63) is 90.6 Å². The van der Waals surface area contributed by atoms with Gasteiger partial charge in [-0.05, 0) is 66.7 Å². The first-order chi connectivity index (χ1) is 19.9. The van der Waals surface area contributed by atoms with Gasteiger partial charge in [-0.25, -0.2) is 20.7 Å². The molecule has 218 valence electrons. The monoisotopic (exact) mass is 580 g/mol. The topological polar surface area (TPSA) is 159 Å². The summed E-state index contributed by atoms with van der Waals surface area (Å²) >= 11 is 0. The zero-order valence-electron chi connectivity index (χ0n) is 22.4. The maximum Gasteiger partial charge on any atom is 0.573 e.